The number of carbonyl (C=O) groups is 1. The minimum absolute atomic E-state index is 0.0937. The third kappa shape index (κ3) is 4.11. The van der Waals surface area contributed by atoms with Crippen molar-refractivity contribution in [3.63, 3.8) is 0 Å². The minimum Gasteiger partial charge on any atom is -0.352 e. The zero-order valence-electron chi connectivity index (χ0n) is 10.5. The average Bonchev–Trinajstić information content (AvgIpc) is 2.40. The molecule has 0 heterocycles. The van der Waals surface area contributed by atoms with E-state index >= 15 is 0 Å². The van der Waals surface area contributed by atoms with Gasteiger partial charge in [-0.1, -0.05) is 52.0 Å². The largest absolute Gasteiger partial charge is 0.352 e. The van der Waals surface area contributed by atoms with Crippen LogP contribution < -0.4 is 5.32 Å². The Kier molecular flexibility index (Phi) is 5.55. The molecule has 5 heteroatoms. The van der Waals surface area contributed by atoms with Crippen LogP contribution in [0.2, 0.25) is 10.0 Å². The summed E-state index contributed by atoms with van der Waals surface area (Å²) >= 11 is 15.4. The average molecular weight is 365 g/mol. The minimum atomic E-state index is -0.0937. The van der Waals surface area contributed by atoms with Crippen molar-refractivity contribution in [1.82, 2.24) is 5.32 Å². The Balaban J connectivity index is 1.91. The predicted molar refractivity (Wildman–Crippen MR) is 83.5 cm³/mol. The summed E-state index contributed by atoms with van der Waals surface area (Å²) in [5, 5.41) is 3.85. The first kappa shape index (κ1) is 15.1. The second-order valence-corrected chi connectivity index (χ2v) is 6.89. The molecule has 1 fully saturated rings. The molecule has 1 aromatic carbocycles. The molecule has 1 saturated carbocycles. The fourth-order valence-corrected chi connectivity index (χ4v) is 3.43. The van der Waals surface area contributed by atoms with Crippen molar-refractivity contribution >= 4 is 45.0 Å². The van der Waals surface area contributed by atoms with Gasteiger partial charge < -0.3 is 5.32 Å². The molecule has 0 aliphatic heterocycles. The van der Waals surface area contributed by atoms with E-state index in [9.17, 15) is 4.79 Å². The van der Waals surface area contributed by atoms with Crippen LogP contribution in [0, 0.1) is 5.92 Å². The number of nitrogens with one attached hydrogen (secondary N) is 1. The maximum Gasteiger partial charge on any atom is 0.251 e. The maximum atomic E-state index is 12.0. The van der Waals surface area contributed by atoms with E-state index < -0.39 is 0 Å². The van der Waals surface area contributed by atoms with E-state index in [-0.39, 0.29) is 5.91 Å². The number of benzene rings is 1. The van der Waals surface area contributed by atoms with Gasteiger partial charge in [-0.05, 0) is 37.0 Å². The lowest BCUT2D eigenvalue weighted by molar-refractivity contribution is 0.0944. The lowest BCUT2D eigenvalue weighted by Crippen LogP contribution is -2.34. The Morgan fingerprint density at radius 3 is 2.68 bits per heavy atom. The molecule has 0 aromatic heterocycles. The molecule has 1 amide bonds. The zero-order valence-corrected chi connectivity index (χ0v) is 13.6. The molecule has 1 N–H and O–H groups in total. The van der Waals surface area contributed by atoms with E-state index in [4.69, 9.17) is 23.2 Å². The lowest BCUT2D eigenvalue weighted by atomic mass is 9.89. The van der Waals surface area contributed by atoms with Crippen LogP contribution in [0.4, 0.5) is 0 Å². The number of halogens is 3. The van der Waals surface area contributed by atoms with Crippen LogP contribution in [0.1, 0.15) is 36.0 Å². The third-order valence-corrected chi connectivity index (χ3v) is 5.47. The number of carbonyl (C=O) groups excluding carboxylic acids is 1. The Labute approximate surface area is 132 Å². The second kappa shape index (κ2) is 6.96. The summed E-state index contributed by atoms with van der Waals surface area (Å²) in [4.78, 5) is 12.5. The normalized spacial score (nSPS) is 23.1. The lowest BCUT2D eigenvalue weighted by Gasteiger charge is -2.27. The van der Waals surface area contributed by atoms with Gasteiger partial charge in [0.1, 0.15) is 0 Å². The first-order valence-electron chi connectivity index (χ1n) is 6.45. The van der Waals surface area contributed by atoms with Crippen molar-refractivity contribution in [3.8, 4) is 0 Å². The van der Waals surface area contributed by atoms with Crippen LogP contribution in [-0.4, -0.2) is 17.3 Å². The van der Waals surface area contributed by atoms with E-state index in [0.717, 1.165) is 6.42 Å². The van der Waals surface area contributed by atoms with Crippen LogP contribution in [0.3, 0.4) is 0 Å². The van der Waals surface area contributed by atoms with Gasteiger partial charge in [0.25, 0.3) is 5.91 Å². The molecule has 0 saturated heterocycles. The monoisotopic (exact) mass is 363 g/mol. The van der Waals surface area contributed by atoms with Crippen molar-refractivity contribution in [2.24, 2.45) is 5.92 Å². The molecule has 19 heavy (non-hydrogen) atoms. The molecular formula is C14H16BrCl2NO. The smallest absolute Gasteiger partial charge is 0.251 e. The van der Waals surface area contributed by atoms with Gasteiger partial charge >= 0.3 is 0 Å². The highest BCUT2D eigenvalue weighted by atomic mass is 79.9. The highest BCUT2D eigenvalue weighted by Crippen LogP contribution is 2.29. The van der Waals surface area contributed by atoms with Crippen molar-refractivity contribution in [3.05, 3.63) is 33.8 Å². The summed E-state index contributed by atoms with van der Waals surface area (Å²) in [7, 11) is 0. The molecule has 104 valence electrons. The van der Waals surface area contributed by atoms with Gasteiger partial charge in [0, 0.05) is 16.9 Å². The Bertz CT molecular complexity index is 467. The van der Waals surface area contributed by atoms with Crippen molar-refractivity contribution in [2.75, 3.05) is 6.54 Å². The fourth-order valence-electron chi connectivity index (χ4n) is 2.36. The Hall–Kier alpha value is -0.250. The summed E-state index contributed by atoms with van der Waals surface area (Å²) in [6.07, 6.45) is 4.87. The van der Waals surface area contributed by atoms with Crippen LogP contribution >= 0.6 is 39.1 Å². The van der Waals surface area contributed by atoms with E-state index in [1.54, 1.807) is 18.2 Å². The van der Waals surface area contributed by atoms with E-state index in [1.165, 1.54) is 19.3 Å². The van der Waals surface area contributed by atoms with Crippen LogP contribution in [-0.2, 0) is 0 Å². The Morgan fingerprint density at radius 1 is 1.26 bits per heavy atom. The summed E-state index contributed by atoms with van der Waals surface area (Å²) < 4.78 is 0. The molecule has 2 rings (SSSR count). The van der Waals surface area contributed by atoms with E-state index in [1.807, 2.05) is 0 Å². The fraction of sp³-hybridized carbons (Fsp3) is 0.500. The summed E-state index contributed by atoms with van der Waals surface area (Å²) in [6.45, 7) is 0.703. The van der Waals surface area contributed by atoms with E-state index in [2.05, 4.69) is 21.2 Å². The van der Waals surface area contributed by atoms with Gasteiger partial charge in [0.05, 0.1) is 10.0 Å². The van der Waals surface area contributed by atoms with Crippen molar-refractivity contribution in [2.45, 2.75) is 30.5 Å². The summed E-state index contributed by atoms with van der Waals surface area (Å²) in [5.41, 5.74) is 0.552. The summed E-state index contributed by atoms with van der Waals surface area (Å²) in [6, 6.07) is 4.94. The molecule has 2 nitrogen and oxygen atoms in total. The van der Waals surface area contributed by atoms with Gasteiger partial charge in [0.15, 0.2) is 0 Å². The van der Waals surface area contributed by atoms with Gasteiger partial charge in [-0.15, -0.1) is 0 Å². The zero-order chi connectivity index (χ0) is 13.8. The third-order valence-electron chi connectivity index (χ3n) is 3.52. The second-order valence-electron chi connectivity index (χ2n) is 4.90. The number of alkyl halides is 1. The van der Waals surface area contributed by atoms with Gasteiger partial charge in [-0.3, -0.25) is 4.79 Å². The standard InChI is InChI=1S/C14H16BrCl2NO/c15-11-4-2-1-3-10(11)8-18-14(19)9-5-6-12(16)13(17)7-9/h5-7,10-11H,1-4,8H2,(H,18,19). The number of hydrogen-bond donors (Lipinski definition) is 1. The first-order chi connectivity index (χ1) is 9.08. The molecule has 1 aliphatic carbocycles. The number of hydrogen-bond acceptors (Lipinski definition) is 1. The predicted octanol–water partition coefficient (Wildman–Crippen LogP) is 4.68. The number of amides is 1. The van der Waals surface area contributed by atoms with Gasteiger partial charge in [-0.25, -0.2) is 0 Å². The molecule has 2 atom stereocenters. The summed E-state index contributed by atoms with van der Waals surface area (Å²) in [5.74, 6) is 0.421. The molecule has 0 bridgehead atoms. The SMILES string of the molecule is O=C(NCC1CCCCC1Br)c1ccc(Cl)c(Cl)c1. The Morgan fingerprint density at radius 2 is 2.00 bits per heavy atom. The van der Waals surface area contributed by atoms with Gasteiger partial charge in [0.2, 0.25) is 0 Å². The van der Waals surface area contributed by atoms with Crippen LogP contribution in [0.25, 0.3) is 0 Å². The first-order valence-corrected chi connectivity index (χ1v) is 8.12. The maximum absolute atomic E-state index is 12.0. The van der Waals surface area contributed by atoms with E-state index in [0.29, 0.717) is 32.9 Å². The van der Waals surface area contributed by atoms with Crippen molar-refractivity contribution < 1.29 is 4.79 Å². The van der Waals surface area contributed by atoms with Crippen LogP contribution in [0.5, 0.6) is 0 Å². The highest BCUT2D eigenvalue weighted by molar-refractivity contribution is 9.09. The molecule has 1 aromatic rings. The topological polar surface area (TPSA) is 29.1 Å². The molecule has 2 unspecified atom stereocenters. The molecule has 0 radical (unpaired) electrons. The van der Waals surface area contributed by atoms with Crippen LogP contribution in [0.15, 0.2) is 18.2 Å². The molecule has 0 spiro atoms. The number of rotatable bonds is 3. The molecular weight excluding hydrogens is 349 g/mol. The molecule has 1 aliphatic rings. The quantitative estimate of drug-likeness (QED) is 0.775. The van der Waals surface area contributed by atoms with Crippen molar-refractivity contribution in [1.29, 1.82) is 0 Å². The van der Waals surface area contributed by atoms with Gasteiger partial charge in [-0.2, -0.15) is 0 Å². The highest BCUT2D eigenvalue weighted by Gasteiger charge is 2.23.